The van der Waals surface area contributed by atoms with Gasteiger partial charge in [-0.1, -0.05) is 17.7 Å². The van der Waals surface area contributed by atoms with Crippen LogP contribution in [-0.4, -0.2) is 42.9 Å². The van der Waals surface area contributed by atoms with Crippen LogP contribution in [0.5, 0.6) is 5.75 Å². The lowest BCUT2D eigenvalue weighted by molar-refractivity contribution is 0.130. The fourth-order valence-corrected chi connectivity index (χ4v) is 5.41. The Labute approximate surface area is 208 Å². The van der Waals surface area contributed by atoms with E-state index in [2.05, 4.69) is 15.6 Å². The summed E-state index contributed by atoms with van der Waals surface area (Å²) in [6.07, 6.45) is 4.16. The zero-order valence-corrected chi connectivity index (χ0v) is 20.2. The lowest BCUT2D eigenvalue weighted by atomic mass is 10.1. The van der Waals surface area contributed by atoms with E-state index in [1.807, 2.05) is 6.07 Å². The number of urea groups is 1. The van der Waals surface area contributed by atoms with Crippen molar-refractivity contribution in [1.29, 1.82) is 0 Å². The molecule has 11 heteroatoms. The molecule has 0 bridgehead atoms. The fourth-order valence-electron chi connectivity index (χ4n) is 3.69. The Morgan fingerprint density at radius 1 is 1.20 bits per heavy atom. The van der Waals surface area contributed by atoms with Crippen molar-refractivity contribution in [3.63, 3.8) is 0 Å². The van der Waals surface area contributed by atoms with E-state index in [9.17, 15) is 17.6 Å². The smallest absolute Gasteiger partial charge is 0.319 e. The molecule has 2 aromatic carbocycles. The average Bonchev–Trinajstić information content (AvgIpc) is 2.86. The number of sulfonamides is 1. The number of piperidine rings is 1. The van der Waals surface area contributed by atoms with E-state index in [4.69, 9.17) is 16.3 Å². The minimum atomic E-state index is -3.77. The largest absolute Gasteiger partial charge is 0.487 e. The molecule has 1 aliphatic heterocycles. The molecule has 1 aliphatic rings. The number of ether oxygens (including phenoxy) is 1. The summed E-state index contributed by atoms with van der Waals surface area (Å²) in [4.78, 5) is 16.2. The molecular weight excluding hydrogens is 495 g/mol. The van der Waals surface area contributed by atoms with Crippen molar-refractivity contribution in [1.82, 2.24) is 14.6 Å². The topological polar surface area (TPSA) is 101 Å². The Morgan fingerprint density at radius 3 is 2.71 bits per heavy atom. The van der Waals surface area contributed by atoms with Gasteiger partial charge in [-0.05, 0) is 66.9 Å². The lowest BCUT2D eigenvalue weighted by Gasteiger charge is -2.32. The molecular formula is C24H24ClFN4O4S. The van der Waals surface area contributed by atoms with E-state index in [0.29, 0.717) is 37.4 Å². The van der Waals surface area contributed by atoms with Gasteiger partial charge in [0.25, 0.3) is 0 Å². The highest BCUT2D eigenvalue weighted by molar-refractivity contribution is 7.89. The van der Waals surface area contributed by atoms with Crippen LogP contribution in [0.2, 0.25) is 5.02 Å². The summed E-state index contributed by atoms with van der Waals surface area (Å²) in [5, 5.41) is 5.53. The zero-order chi connectivity index (χ0) is 24.8. The van der Waals surface area contributed by atoms with Crippen molar-refractivity contribution in [3.05, 3.63) is 83.4 Å². The van der Waals surface area contributed by atoms with Gasteiger partial charge in [-0.3, -0.25) is 4.98 Å². The molecule has 0 aliphatic carbocycles. The number of rotatable bonds is 7. The molecule has 0 saturated carbocycles. The second-order valence-corrected chi connectivity index (χ2v) is 10.4. The third kappa shape index (κ3) is 6.47. The third-order valence-corrected chi connectivity index (χ3v) is 7.63. The molecule has 2 N–H and O–H groups in total. The van der Waals surface area contributed by atoms with Crippen molar-refractivity contribution < 1.29 is 22.3 Å². The first-order chi connectivity index (χ1) is 16.8. The van der Waals surface area contributed by atoms with Crippen LogP contribution in [0, 0.1) is 5.82 Å². The van der Waals surface area contributed by atoms with E-state index < -0.39 is 28.0 Å². The first-order valence-corrected chi connectivity index (χ1v) is 12.8. The molecule has 3 aromatic rings. The molecule has 1 aromatic heterocycles. The number of benzene rings is 2. The maximum Gasteiger partial charge on any atom is 0.319 e. The molecule has 1 fully saturated rings. The lowest BCUT2D eigenvalue weighted by Crippen LogP contribution is -2.44. The number of carbonyl (C=O) groups is 1. The van der Waals surface area contributed by atoms with Gasteiger partial charge in [0.1, 0.15) is 17.7 Å². The zero-order valence-electron chi connectivity index (χ0n) is 18.7. The highest BCUT2D eigenvalue weighted by atomic mass is 35.5. The van der Waals surface area contributed by atoms with Gasteiger partial charge < -0.3 is 15.4 Å². The van der Waals surface area contributed by atoms with Crippen LogP contribution in [0.1, 0.15) is 18.4 Å². The molecule has 1 unspecified atom stereocenters. The average molecular weight is 519 g/mol. The molecule has 8 nitrogen and oxygen atoms in total. The Bertz CT molecular complexity index is 1280. The molecule has 4 rings (SSSR count). The maximum atomic E-state index is 13.3. The van der Waals surface area contributed by atoms with Crippen LogP contribution in [0.15, 0.2) is 71.9 Å². The van der Waals surface area contributed by atoms with E-state index in [0.717, 1.165) is 11.6 Å². The number of hydrogen-bond acceptors (Lipinski definition) is 5. The molecule has 35 heavy (non-hydrogen) atoms. The Kier molecular flexibility index (Phi) is 7.84. The summed E-state index contributed by atoms with van der Waals surface area (Å²) < 4.78 is 46.9. The molecule has 1 atom stereocenters. The third-order valence-electron chi connectivity index (χ3n) is 5.45. The van der Waals surface area contributed by atoms with Crippen molar-refractivity contribution >= 4 is 33.3 Å². The fraction of sp³-hybridized carbons (Fsp3) is 0.250. The number of anilines is 1. The predicted octanol–water partition coefficient (Wildman–Crippen LogP) is 4.43. The second kappa shape index (κ2) is 11.0. The van der Waals surface area contributed by atoms with Gasteiger partial charge in [0.05, 0.1) is 16.5 Å². The van der Waals surface area contributed by atoms with Crippen LogP contribution in [0.4, 0.5) is 14.9 Å². The van der Waals surface area contributed by atoms with Gasteiger partial charge in [-0.2, -0.15) is 4.31 Å². The van der Waals surface area contributed by atoms with Crippen molar-refractivity contribution in [2.75, 3.05) is 18.4 Å². The number of halogens is 2. The molecule has 1 saturated heterocycles. The van der Waals surface area contributed by atoms with Gasteiger partial charge in [-0.25, -0.2) is 17.6 Å². The van der Waals surface area contributed by atoms with Crippen LogP contribution < -0.4 is 15.4 Å². The van der Waals surface area contributed by atoms with Gasteiger partial charge in [0.15, 0.2) is 0 Å². The Balaban J connectivity index is 1.35. The van der Waals surface area contributed by atoms with Gasteiger partial charge in [0, 0.05) is 31.2 Å². The number of hydrogen-bond donors (Lipinski definition) is 2. The van der Waals surface area contributed by atoms with Crippen LogP contribution in [0.25, 0.3) is 0 Å². The summed E-state index contributed by atoms with van der Waals surface area (Å²) in [7, 11) is -3.77. The SMILES string of the molecule is O=C(NCc1cccnc1)Nc1ccc(S(=O)(=O)N2CCCC(Oc3ccc(F)cc3Cl)C2)cc1. The number of carbonyl (C=O) groups excluding carboxylic acids is 1. The van der Waals surface area contributed by atoms with Crippen LogP contribution >= 0.6 is 11.6 Å². The minimum absolute atomic E-state index is 0.110. The van der Waals surface area contributed by atoms with Gasteiger partial charge >= 0.3 is 6.03 Å². The van der Waals surface area contributed by atoms with Crippen LogP contribution in [0.3, 0.4) is 0 Å². The standard InChI is InChI=1S/C24H24ClFN4O4S/c25-22-13-18(26)5-10-23(22)34-20-4-2-12-30(16-20)35(32,33)21-8-6-19(7-9-21)29-24(31)28-15-17-3-1-11-27-14-17/h1,3,5-11,13-14,20H,2,4,12,15-16H2,(H2,28,29,31). The summed E-state index contributed by atoms with van der Waals surface area (Å²) in [6.45, 7) is 0.816. The summed E-state index contributed by atoms with van der Waals surface area (Å²) >= 11 is 6.04. The predicted molar refractivity (Wildman–Crippen MR) is 130 cm³/mol. The second-order valence-electron chi connectivity index (χ2n) is 8.01. The monoisotopic (exact) mass is 518 g/mol. The van der Waals surface area contributed by atoms with E-state index >= 15 is 0 Å². The number of nitrogens with one attached hydrogen (secondary N) is 2. The molecule has 184 valence electrons. The Hall–Kier alpha value is -3.21. The summed E-state index contributed by atoms with van der Waals surface area (Å²) in [5.41, 5.74) is 1.31. The quantitative estimate of drug-likeness (QED) is 0.482. The number of amides is 2. The number of aromatic nitrogens is 1. The van der Waals surface area contributed by atoms with Crippen molar-refractivity contribution in [2.24, 2.45) is 0 Å². The highest BCUT2D eigenvalue weighted by Gasteiger charge is 2.31. The highest BCUT2D eigenvalue weighted by Crippen LogP contribution is 2.29. The molecule has 2 heterocycles. The molecule has 0 radical (unpaired) electrons. The Morgan fingerprint density at radius 2 is 2.00 bits per heavy atom. The summed E-state index contributed by atoms with van der Waals surface area (Å²) in [6, 6.07) is 13.0. The first-order valence-electron chi connectivity index (χ1n) is 11.0. The van der Waals surface area contributed by atoms with Gasteiger partial charge in [0.2, 0.25) is 10.0 Å². The van der Waals surface area contributed by atoms with Crippen molar-refractivity contribution in [3.8, 4) is 5.75 Å². The normalized spacial score (nSPS) is 16.5. The number of pyridine rings is 1. The molecule has 0 spiro atoms. The van der Waals surface area contributed by atoms with Gasteiger partial charge in [-0.15, -0.1) is 0 Å². The molecule has 2 amide bonds. The van der Waals surface area contributed by atoms with Crippen LogP contribution in [-0.2, 0) is 16.6 Å². The first kappa shape index (κ1) is 24.9. The number of nitrogens with zero attached hydrogens (tertiary/aromatic N) is 2. The summed E-state index contributed by atoms with van der Waals surface area (Å²) in [5.74, 6) is -0.159. The maximum absolute atomic E-state index is 13.3. The van der Waals surface area contributed by atoms with E-state index in [1.54, 1.807) is 18.5 Å². The minimum Gasteiger partial charge on any atom is -0.487 e. The van der Waals surface area contributed by atoms with Crippen molar-refractivity contribution in [2.45, 2.75) is 30.4 Å². The van der Waals surface area contributed by atoms with E-state index in [-0.39, 0.29) is 16.5 Å². The van der Waals surface area contributed by atoms with E-state index in [1.165, 1.54) is 40.7 Å².